The fourth-order valence-electron chi connectivity index (χ4n) is 1.75. The highest BCUT2D eigenvalue weighted by atomic mass is 32.2. The van der Waals surface area contributed by atoms with Gasteiger partial charge >= 0.3 is 0 Å². The van der Waals surface area contributed by atoms with Gasteiger partial charge in [-0.15, -0.1) is 0 Å². The molecule has 0 saturated carbocycles. The van der Waals surface area contributed by atoms with E-state index in [1.165, 1.54) is 0 Å². The third kappa shape index (κ3) is 2.62. The van der Waals surface area contributed by atoms with Gasteiger partial charge in [-0.1, -0.05) is 18.2 Å². The van der Waals surface area contributed by atoms with Gasteiger partial charge in [-0.2, -0.15) is 8.42 Å². The van der Waals surface area contributed by atoms with Crippen molar-refractivity contribution in [2.45, 2.75) is 13.0 Å². The minimum Gasteiger partial charge on any atom is -0.347 e. The number of benzene rings is 1. The van der Waals surface area contributed by atoms with E-state index in [0.717, 1.165) is 10.9 Å². The number of nitrogens with zero attached hydrogens (tertiary/aromatic N) is 1. The molecule has 0 unspecified atom stereocenters. The second-order valence-corrected chi connectivity index (χ2v) is 5.28. The zero-order chi connectivity index (χ0) is 11.6. The number of rotatable bonds is 4. The molecule has 0 fully saturated rings. The number of para-hydroxylation sites is 1. The summed E-state index contributed by atoms with van der Waals surface area (Å²) < 4.78 is 31.7. The highest BCUT2D eigenvalue weighted by molar-refractivity contribution is 7.85. The van der Waals surface area contributed by atoms with Crippen molar-refractivity contribution in [3.63, 3.8) is 0 Å². The Hall–Kier alpha value is -1.33. The van der Waals surface area contributed by atoms with E-state index in [9.17, 15) is 8.42 Å². The Morgan fingerprint density at radius 2 is 1.94 bits per heavy atom. The summed E-state index contributed by atoms with van der Waals surface area (Å²) in [6, 6.07) is 9.90. The van der Waals surface area contributed by atoms with Crippen molar-refractivity contribution in [2.75, 3.05) is 5.75 Å². The lowest BCUT2D eigenvalue weighted by Crippen LogP contribution is -2.07. The van der Waals surface area contributed by atoms with Crippen LogP contribution in [0.4, 0.5) is 0 Å². The average Bonchev–Trinajstić information content (AvgIpc) is 2.60. The van der Waals surface area contributed by atoms with E-state index in [0.29, 0.717) is 13.0 Å². The van der Waals surface area contributed by atoms with E-state index < -0.39 is 10.1 Å². The van der Waals surface area contributed by atoms with Gasteiger partial charge in [-0.05, 0) is 23.9 Å². The lowest BCUT2D eigenvalue weighted by Gasteiger charge is -2.03. The second kappa shape index (κ2) is 4.27. The molecule has 2 aromatic rings. The van der Waals surface area contributed by atoms with Gasteiger partial charge in [0.1, 0.15) is 0 Å². The van der Waals surface area contributed by atoms with Gasteiger partial charge in [-0.3, -0.25) is 4.55 Å². The van der Waals surface area contributed by atoms with Crippen molar-refractivity contribution in [2.24, 2.45) is 0 Å². The van der Waals surface area contributed by atoms with E-state index in [-0.39, 0.29) is 5.75 Å². The fraction of sp³-hybridized carbons (Fsp3) is 0.273. The van der Waals surface area contributed by atoms with Gasteiger partial charge in [0.2, 0.25) is 0 Å². The molecule has 0 spiro atoms. The molecule has 0 aliphatic rings. The summed E-state index contributed by atoms with van der Waals surface area (Å²) in [7, 11) is -3.84. The van der Waals surface area contributed by atoms with E-state index >= 15 is 0 Å². The van der Waals surface area contributed by atoms with Crippen molar-refractivity contribution in [1.29, 1.82) is 0 Å². The molecule has 0 bridgehead atoms. The normalized spacial score (nSPS) is 12.1. The first kappa shape index (κ1) is 11.2. The highest BCUT2D eigenvalue weighted by Gasteiger charge is 2.05. The molecule has 86 valence electrons. The summed E-state index contributed by atoms with van der Waals surface area (Å²) in [6.45, 7) is 0.591. The van der Waals surface area contributed by atoms with Gasteiger partial charge in [0.15, 0.2) is 0 Å². The highest BCUT2D eigenvalue weighted by Crippen LogP contribution is 2.15. The maximum absolute atomic E-state index is 10.6. The van der Waals surface area contributed by atoms with Gasteiger partial charge in [0, 0.05) is 18.3 Å². The molecule has 0 aliphatic heterocycles. The number of hydrogen-bond acceptors (Lipinski definition) is 2. The van der Waals surface area contributed by atoms with Crippen LogP contribution in [0.1, 0.15) is 6.42 Å². The Balaban J connectivity index is 2.10. The molecule has 4 nitrogen and oxygen atoms in total. The Labute approximate surface area is 94.3 Å². The molecule has 1 heterocycles. The number of aromatic nitrogens is 1. The number of fused-ring (bicyclic) bond motifs is 1. The summed E-state index contributed by atoms with van der Waals surface area (Å²) in [4.78, 5) is 0. The predicted octanol–water partition coefficient (Wildman–Crippen LogP) is 1.92. The second-order valence-electron chi connectivity index (χ2n) is 3.71. The lowest BCUT2D eigenvalue weighted by molar-refractivity contribution is 0.478. The maximum atomic E-state index is 10.6. The van der Waals surface area contributed by atoms with Crippen LogP contribution in [0.25, 0.3) is 10.9 Å². The predicted molar refractivity (Wildman–Crippen MR) is 63.0 cm³/mol. The summed E-state index contributed by atoms with van der Waals surface area (Å²) in [6.07, 6.45) is 2.34. The largest absolute Gasteiger partial charge is 0.347 e. The smallest absolute Gasteiger partial charge is 0.264 e. The topological polar surface area (TPSA) is 59.3 Å². The summed E-state index contributed by atoms with van der Waals surface area (Å²) in [5, 5.41) is 1.13. The molecule has 0 aliphatic carbocycles. The Bertz CT molecular complexity index is 586. The minimum atomic E-state index is -3.84. The lowest BCUT2D eigenvalue weighted by atomic mass is 10.2. The molecule has 5 heteroatoms. The molecule has 1 aromatic heterocycles. The van der Waals surface area contributed by atoms with Crippen LogP contribution in [0.15, 0.2) is 36.5 Å². The van der Waals surface area contributed by atoms with Crippen LogP contribution in [0.3, 0.4) is 0 Å². The van der Waals surface area contributed by atoms with E-state index in [1.54, 1.807) is 0 Å². The van der Waals surface area contributed by atoms with Gasteiger partial charge in [0.05, 0.1) is 5.75 Å². The van der Waals surface area contributed by atoms with Crippen molar-refractivity contribution in [1.82, 2.24) is 4.57 Å². The molecule has 0 radical (unpaired) electrons. The van der Waals surface area contributed by atoms with Crippen molar-refractivity contribution in [3.05, 3.63) is 36.5 Å². The van der Waals surface area contributed by atoms with Crippen molar-refractivity contribution >= 4 is 21.0 Å². The van der Waals surface area contributed by atoms with Crippen LogP contribution in [-0.4, -0.2) is 23.3 Å². The fourth-order valence-corrected chi connectivity index (χ4v) is 2.25. The third-order valence-corrected chi connectivity index (χ3v) is 3.29. The SMILES string of the molecule is O=S(=O)(O)CCCn1ccc2ccccc21. The van der Waals surface area contributed by atoms with Crippen LogP contribution in [-0.2, 0) is 16.7 Å². The minimum absolute atomic E-state index is 0.195. The van der Waals surface area contributed by atoms with Crippen LogP contribution in [0, 0.1) is 0 Å². The summed E-state index contributed by atoms with van der Waals surface area (Å²) in [5.41, 5.74) is 1.08. The van der Waals surface area contributed by atoms with Gasteiger partial charge < -0.3 is 4.57 Å². The van der Waals surface area contributed by atoms with Crippen LogP contribution < -0.4 is 0 Å². The first-order chi connectivity index (χ1) is 7.56. The number of hydrogen-bond donors (Lipinski definition) is 1. The molecule has 0 amide bonds. The molecule has 1 aromatic carbocycles. The van der Waals surface area contributed by atoms with E-state index in [4.69, 9.17) is 4.55 Å². The van der Waals surface area contributed by atoms with E-state index in [1.807, 2.05) is 41.1 Å². The van der Waals surface area contributed by atoms with Crippen molar-refractivity contribution < 1.29 is 13.0 Å². The van der Waals surface area contributed by atoms with Crippen LogP contribution in [0.5, 0.6) is 0 Å². The maximum Gasteiger partial charge on any atom is 0.264 e. The van der Waals surface area contributed by atoms with E-state index in [2.05, 4.69) is 0 Å². The Morgan fingerprint density at radius 1 is 1.19 bits per heavy atom. The summed E-state index contributed by atoms with van der Waals surface area (Å²) in [5.74, 6) is -0.195. The average molecular weight is 239 g/mol. The zero-order valence-electron chi connectivity index (χ0n) is 8.70. The molecule has 0 atom stereocenters. The zero-order valence-corrected chi connectivity index (χ0v) is 9.52. The molecular formula is C11H13NO3S. The molecule has 0 saturated heterocycles. The monoisotopic (exact) mass is 239 g/mol. The van der Waals surface area contributed by atoms with Gasteiger partial charge in [0.25, 0.3) is 10.1 Å². The quantitative estimate of drug-likeness (QED) is 0.829. The molecule has 16 heavy (non-hydrogen) atoms. The van der Waals surface area contributed by atoms with Crippen LogP contribution in [0.2, 0.25) is 0 Å². The first-order valence-corrected chi connectivity index (χ1v) is 6.66. The van der Waals surface area contributed by atoms with Gasteiger partial charge in [-0.25, -0.2) is 0 Å². The Morgan fingerprint density at radius 3 is 2.69 bits per heavy atom. The van der Waals surface area contributed by atoms with Crippen molar-refractivity contribution in [3.8, 4) is 0 Å². The van der Waals surface area contributed by atoms with Crippen LogP contribution >= 0.6 is 0 Å². The molecular weight excluding hydrogens is 226 g/mol. The number of aryl methyl sites for hydroxylation is 1. The molecule has 1 N–H and O–H groups in total. The first-order valence-electron chi connectivity index (χ1n) is 5.05. The molecule has 2 rings (SSSR count). The third-order valence-electron chi connectivity index (χ3n) is 2.48. The Kier molecular flexibility index (Phi) is 2.98. The summed E-state index contributed by atoms with van der Waals surface area (Å²) >= 11 is 0. The standard InChI is InChI=1S/C11H13NO3S/c13-16(14,15)9-3-7-12-8-6-10-4-1-2-5-11(10)12/h1-2,4-6,8H,3,7,9H2,(H,13,14,15).